The van der Waals surface area contributed by atoms with E-state index in [0.717, 1.165) is 32.4 Å². The van der Waals surface area contributed by atoms with Gasteiger partial charge in [-0.15, -0.1) is 0 Å². The molecule has 140 valence electrons. The maximum atomic E-state index is 13.0. The van der Waals surface area contributed by atoms with Gasteiger partial charge in [0.2, 0.25) is 0 Å². The normalized spacial score (nSPS) is 16.1. The summed E-state index contributed by atoms with van der Waals surface area (Å²) >= 11 is 3.33. The van der Waals surface area contributed by atoms with Crippen molar-refractivity contribution in [1.82, 2.24) is 9.88 Å². The predicted molar refractivity (Wildman–Crippen MR) is 111 cm³/mol. The number of nitrogens with zero attached hydrogens (tertiary/aromatic N) is 2. The van der Waals surface area contributed by atoms with E-state index >= 15 is 0 Å². The molecule has 1 aliphatic heterocycles. The van der Waals surface area contributed by atoms with E-state index in [-0.39, 0.29) is 5.57 Å². The Morgan fingerprint density at radius 2 is 1.75 bits per heavy atom. The van der Waals surface area contributed by atoms with Gasteiger partial charge in [-0.25, -0.2) is 9.69 Å². The van der Waals surface area contributed by atoms with Gasteiger partial charge in [-0.3, -0.25) is 14.9 Å². The fraction of sp³-hybridized carbons (Fsp3) is 0.0952. The molecule has 4 rings (SSSR count). The molecule has 0 bridgehead atoms. The molecular weight excluding hydrogens is 422 g/mol. The number of amides is 4. The Bertz CT molecular complexity index is 1150. The largest absolute Gasteiger partial charge is 0.347 e. The van der Waals surface area contributed by atoms with Gasteiger partial charge >= 0.3 is 6.03 Å². The lowest BCUT2D eigenvalue weighted by atomic mass is 10.1. The molecule has 0 saturated carbocycles. The van der Waals surface area contributed by atoms with Crippen molar-refractivity contribution < 1.29 is 14.4 Å². The van der Waals surface area contributed by atoms with E-state index in [9.17, 15) is 14.4 Å². The number of hydrogen-bond acceptors (Lipinski definition) is 3. The summed E-state index contributed by atoms with van der Waals surface area (Å²) in [6, 6.07) is 13.7. The highest BCUT2D eigenvalue weighted by molar-refractivity contribution is 9.10. The first kappa shape index (κ1) is 18.2. The number of rotatable bonds is 3. The first-order chi connectivity index (χ1) is 13.5. The van der Waals surface area contributed by atoms with Gasteiger partial charge < -0.3 is 4.57 Å². The number of para-hydroxylation sites is 1. The Morgan fingerprint density at radius 3 is 2.46 bits per heavy atom. The second-order valence-corrected chi connectivity index (χ2v) is 7.24. The molecular formula is C21H16BrN3O3. The number of imide groups is 2. The number of aromatic nitrogens is 1. The van der Waals surface area contributed by atoms with Crippen LogP contribution in [-0.4, -0.2) is 22.4 Å². The summed E-state index contributed by atoms with van der Waals surface area (Å²) in [6.07, 6.45) is 3.45. The Labute approximate surface area is 169 Å². The van der Waals surface area contributed by atoms with Crippen LogP contribution in [0.4, 0.5) is 10.5 Å². The van der Waals surface area contributed by atoms with E-state index in [0.29, 0.717) is 5.69 Å². The first-order valence-corrected chi connectivity index (χ1v) is 9.54. The van der Waals surface area contributed by atoms with Gasteiger partial charge in [0.25, 0.3) is 11.8 Å². The van der Waals surface area contributed by atoms with Crippen LogP contribution < -0.4 is 10.2 Å². The summed E-state index contributed by atoms with van der Waals surface area (Å²) in [6.45, 7) is 2.78. The minimum Gasteiger partial charge on any atom is -0.347 e. The number of benzene rings is 2. The third kappa shape index (κ3) is 3.03. The second kappa shape index (κ2) is 7.09. The van der Waals surface area contributed by atoms with Crippen LogP contribution in [0.5, 0.6) is 0 Å². The number of anilines is 1. The van der Waals surface area contributed by atoms with E-state index in [1.54, 1.807) is 30.3 Å². The topological polar surface area (TPSA) is 71.4 Å². The van der Waals surface area contributed by atoms with Crippen LogP contribution in [0.2, 0.25) is 0 Å². The summed E-state index contributed by atoms with van der Waals surface area (Å²) < 4.78 is 2.87. The molecule has 2 heterocycles. The highest BCUT2D eigenvalue weighted by Gasteiger charge is 2.36. The molecule has 28 heavy (non-hydrogen) atoms. The monoisotopic (exact) mass is 437 g/mol. The van der Waals surface area contributed by atoms with Crippen molar-refractivity contribution >= 4 is 56.4 Å². The van der Waals surface area contributed by atoms with Gasteiger partial charge in [-0.2, -0.15) is 0 Å². The summed E-state index contributed by atoms with van der Waals surface area (Å²) in [5, 5.41) is 3.19. The predicted octanol–water partition coefficient (Wildman–Crippen LogP) is 4.09. The maximum absolute atomic E-state index is 13.0. The van der Waals surface area contributed by atoms with Crippen molar-refractivity contribution in [3.05, 3.63) is 70.3 Å². The van der Waals surface area contributed by atoms with Crippen molar-refractivity contribution in [2.24, 2.45) is 0 Å². The average Bonchev–Trinajstić information content (AvgIpc) is 3.04. The molecule has 7 heteroatoms. The number of fused-ring (bicyclic) bond motifs is 1. The maximum Gasteiger partial charge on any atom is 0.335 e. The fourth-order valence-electron chi connectivity index (χ4n) is 3.29. The highest BCUT2D eigenvalue weighted by atomic mass is 79.9. The molecule has 1 saturated heterocycles. The van der Waals surface area contributed by atoms with Gasteiger partial charge in [0, 0.05) is 33.7 Å². The van der Waals surface area contributed by atoms with Crippen molar-refractivity contribution in [1.29, 1.82) is 0 Å². The van der Waals surface area contributed by atoms with Crippen molar-refractivity contribution in [3.8, 4) is 0 Å². The van der Waals surface area contributed by atoms with Crippen molar-refractivity contribution in [3.63, 3.8) is 0 Å². The summed E-state index contributed by atoms with van der Waals surface area (Å²) in [4.78, 5) is 38.7. The summed E-state index contributed by atoms with van der Waals surface area (Å²) in [5.41, 5.74) is 2.07. The number of barbiturate groups is 1. The number of hydrogen-bond donors (Lipinski definition) is 1. The third-order valence-electron chi connectivity index (χ3n) is 4.65. The molecule has 2 aromatic carbocycles. The number of carbonyl (C=O) groups excluding carboxylic acids is 3. The Hall–Kier alpha value is -3.19. The molecule has 0 radical (unpaired) electrons. The highest BCUT2D eigenvalue weighted by Crippen LogP contribution is 2.27. The molecule has 0 unspecified atom stereocenters. The first-order valence-electron chi connectivity index (χ1n) is 8.74. The molecule has 1 fully saturated rings. The van der Waals surface area contributed by atoms with Gasteiger partial charge in [0.1, 0.15) is 5.57 Å². The number of aryl methyl sites for hydroxylation is 1. The number of carbonyl (C=O) groups is 3. The Morgan fingerprint density at radius 1 is 1.04 bits per heavy atom. The fourth-order valence-corrected chi connectivity index (χ4v) is 3.55. The zero-order chi connectivity index (χ0) is 19.8. The third-order valence-corrected chi connectivity index (χ3v) is 5.18. The minimum atomic E-state index is -0.759. The lowest BCUT2D eigenvalue weighted by Gasteiger charge is -2.26. The van der Waals surface area contributed by atoms with E-state index in [1.165, 1.54) is 0 Å². The van der Waals surface area contributed by atoms with Gasteiger partial charge in [-0.05, 0) is 43.3 Å². The zero-order valence-corrected chi connectivity index (χ0v) is 16.6. The van der Waals surface area contributed by atoms with Crippen LogP contribution in [0.25, 0.3) is 17.0 Å². The van der Waals surface area contributed by atoms with Gasteiger partial charge in [0.05, 0.1) is 5.69 Å². The van der Waals surface area contributed by atoms with E-state index in [4.69, 9.17) is 0 Å². The number of urea groups is 1. The van der Waals surface area contributed by atoms with Crippen LogP contribution >= 0.6 is 15.9 Å². The molecule has 4 amide bonds. The second-order valence-electron chi connectivity index (χ2n) is 6.32. The molecule has 1 aromatic heterocycles. The molecule has 1 aliphatic rings. The molecule has 3 aromatic rings. The van der Waals surface area contributed by atoms with Crippen molar-refractivity contribution in [2.75, 3.05) is 4.90 Å². The summed E-state index contributed by atoms with van der Waals surface area (Å²) in [5.74, 6) is -1.35. The Kier molecular flexibility index (Phi) is 4.60. The van der Waals surface area contributed by atoms with Gasteiger partial charge in [-0.1, -0.05) is 34.1 Å². The quantitative estimate of drug-likeness (QED) is 0.495. The molecule has 0 spiro atoms. The van der Waals surface area contributed by atoms with E-state index < -0.39 is 17.8 Å². The van der Waals surface area contributed by atoms with Crippen LogP contribution in [0.15, 0.2) is 64.8 Å². The van der Waals surface area contributed by atoms with Crippen LogP contribution in [0.1, 0.15) is 12.5 Å². The zero-order valence-electron chi connectivity index (χ0n) is 15.0. The number of halogens is 1. The molecule has 0 atom stereocenters. The van der Waals surface area contributed by atoms with E-state index in [2.05, 4.69) is 21.2 Å². The summed E-state index contributed by atoms with van der Waals surface area (Å²) in [7, 11) is 0. The standard InChI is InChI=1S/C21H16BrN3O3/c1-2-24-12-13(16-5-3-4-6-18(16)24)11-17-19(26)23-21(28)25(20(17)27)15-9-7-14(22)8-10-15/h3-12H,2H2,1H3,(H,23,26,28). The number of nitrogens with one attached hydrogen (secondary N) is 1. The van der Waals surface area contributed by atoms with E-state index in [1.807, 2.05) is 42.0 Å². The smallest absolute Gasteiger partial charge is 0.335 e. The lowest BCUT2D eigenvalue weighted by molar-refractivity contribution is -0.122. The SMILES string of the molecule is CCn1cc(C=C2C(=O)NC(=O)N(c3ccc(Br)cc3)C2=O)c2ccccc21. The Balaban J connectivity index is 1.80. The average molecular weight is 438 g/mol. The minimum absolute atomic E-state index is 0.0819. The van der Waals surface area contributed by atoms with Crippen molar-refractivity contribution in [2.45, 2.75) is 13.5 Å². The van der Waals surface area contributed by atoms with Crippen LogP contribution in [-0.2, 0) is 16.1 Å². The van der Waals surface area contributed by atoms with Crippen LogP contribution in [0.3, 0.4) is 0 Å². The molecule has 6 nitrogen and oxygen atoms in total. The molecule has 0 aliphatic carbocycles. The van der Waals surface area contributed by atoms with Crippen LogP contribution in [0, 0.1) is 0 Å². The lowest BCUT2D eigenvalue weighted by Crippen LogP contribution is -2.54. The molecule has 1 N–H and O–H groups in total. The van der Waals surface area contributed by atoms with Gasteiger partial charge in [0.15, 0.2) is 0 Å².